The highest BCUT2D eigenvalue weighted by Crippen LogP contribution is 2.29. The largest absolute Gasteiger partial charge is 0.381 e. The summed E-state index contributed by atoms with van der Waals surface area (Å²) in [6, 6.07) is 18.4. The van der Waals surface area contributed by atoms with Crippen LogP contribution in [0.4, 0.5) is 0 Å². The molecule has 0 saturated carbocycles. The first kappa shape index (κ1) is 18.1. The van der Waals surface area contributed by atoms with Gasteiger partial charge in [-0.05, 0) is 37.0 Å². The molecule has 0 bridgehead atoms. The topological polar surface area (TPSA) is 55.4 Å². The smallest absolute Gasteiger partial charge is 0.214 e. The van der Waals surface area contributed by atoms with Crippen molar-refractivity contribution in [3.63, 3.8) is 0 Å². The average Bonchev–Trinajstić information content (AvgIpc) is 2.63. The van der Waals surface area contributed by atoms with Gasteiger partial charge >= 0.3 is 0 Å². The van der Waals surface area contributed by atoms with Crippen LogP contribution in [0.2, 0.25) is 0 Å². The third kappa shape index (κ3) is 4.29. The lowest BCUT2D eigenvalue weighted by Gasteiger charge is -2.33. The van der Waals surface area contributed by atoms with Gasteiger partial charge in [-0.1, -0.05) is 54.6 Å². The van der Waals surface area contributed by atoms with Gasteiger partial charge in [0.15, 0.2) is 0 Å². The molecule has 0 aromatic heterocycles. The van der Waals surface area contributed by atoms with E-state index in [1.807, 2.05) is 18.2 Å². The fraction of sp³-hybridized carbons (Fsp3) is 0.400. The van der Waals surface area contributed by atoms with E-state index in [4.69, 9.17) is 4.74 Å². The van der Waals surface area contributed by atoms with Crippen LogP contribution in [0.25, 0.3) is 11.1 Å². The summed E-state index contributed by atoms with van der Waals surface area (Å²) < 4.78 is 33.0. The molecule has 2 atom stereocenters. The molecule has 25 heavy (non-hydrogen) atoms. The molecule has 2 aromatic carbocycles. The summed E-state index contributed by atoms with van der Waals surface area (Å²) in [7, 11) is -3.30. The predicted molar refractivity (Wildman–Crippen MR) is 101 cm³/mol. The first-order chi connectivity index (χ1) is 12.0. The van der Waals surface area contributed by atoms with E-state index in [0.29, 0.717) is 19.6 Å². The van der Waals surface area contributed by atoms with Crippen LogP contribution in [0.1, 0.15) is 31.7 Å². The minimum atomic E-state index is -3.30. The van der Waals surface area contributed by atoms with E-state index in [-0.39, 0.29) is 12.0 Å². The van der Waals surface area contributed by atoms with Crippen LogP contribution in [0.3, 0.4) is 0 Å². The van der Waals surface area contributed by atoms with Gasteiger partial charge in [0.05, 0.1) is 11.9 Å². The van der Waals surface area contributed by atoms with Gasteiger partial charge in [0.2, 0.25) is 10.0 Å². The van der Waals surface area contributed by atoms with E-state index in [1.165, 1.54) is 5.56 Å². The number of hydrogen-bond donors (Lipinski definition) is 1. The second kappa shape index (κ2) is 7.68. The number of rotatable bonds is 5. The van der Waals surface area contributed by atoms with E-state index in [0.717, 1.165) is 11.1 Å². The Labute approximate surface area is 150 Å². The zero-order valence-corrected chi connectivity index (χ0v) is 15.5. The third-order valence-corrected chi connectivity index (χ3v) is 6.61. The van der Waals surface area contributed by atoms with E-state index < -0.39 is 15.3 Å². The molecule has 0 unspecified atom stereocenters. The number of nitrogens with one attached hydrogen (secondary N) is 1. The molecular formula is C20H25NO3S. The SMILES string of the molecule is CC(C)S(=O)(=O)N[C@H]1CCOC[C@@H]1c1ccc(-c2ccccc2)cc1. The van der Waals surface area contributed by atoms with Crippen LogP contribution in [0.15, 0.2) is 54.6 Å². The van der Waals surface area contributed by atoms with Crippen molar-refractivity contribution in [1.82, 2.24) is 4.72 Å². The van der Waals surface area contributed by atoms with Crippen molar-refractivity contribution >= 4 is 10.0 Å². The van der Waals surface area contributed by atoms with Crippen molar-refractivity contribution in [2.45, 2.75) is 37.5 Å². The molecule has 0 radical (unpaired) electrons. The summed E-state index contributed by atoms with van der Waals surface area (Å²) in [5, 5.41) is -0.434. The van der Waals surface area contributed by atoms with Crippen LogP contribution >= 0.6 is 0 Å². The first-order valence-corrected chi connectivity index (χ1v) is 10.3. The minimum Gasteiger partial charge on any atom is -0.381 e. The summed E-state index contributed by atoms with van der Waals surface area (Å²) in [5.74, 6) is 0.0344. The maximum Gasteiger partial charge on any atom is 0.214 e. The van der Waals surface area contributed by atoms with Crippen molar-refractivity contribution in [2.24, 2.45) is 0 Å². The van der Waals surface area contributed by atoms with Gasteiger partial charge < -0.3 is 4.74 Å². The number of ether oxygens (including phenoxy) is 1. The summed E-state index contributed by atoms with van der Waals surface area (Å²) in [4.78, 5) is 0. The Balaban J connectivity index is 1.81. The molecule has 1 N–H and O–H groups in total. The van der Waals surface area contributed by atoms with Gasteiger partial charge in [0.25, 0.3) is 0 Å². The zero-order chi connectivity index (χ0) is 17.9. The molecule has 1 fully saturated rings. The van der Waals surface area contributed by atoms with Crippen molar-refractivity contribution in [3.8, 4) is 11.1 Å². The first-order valence-electron chi connectivity index (χ1n) is 8.71. The van der Waals surface area contributed by atoms with E-state index in [2.05, 4.69) is 41.1 Å². The third-order valence-electron chi connectivity index (χ3n) is 4.74. The Morgan fingerprint density at radius 1 is 1.00 bits per heavy atom. The van der Waals surface area contributed by atoms with Crippen molar-refractivity contribution in [1.29, 1.82) is 0 Å². The van der Waals surface area contributed by atoms with Gasteiger partial charge in [0, 0.05) is 18.6 Å². The Morgan fingerprint density at radius 2 is 1.64 bits per heavy atom. The van der Waals surface area contributed by atoms with Crippen LogP contribution in [0.5, 0.6) is 0 Å². The number of benzene rings is 2. The lowest BCUT2D eigenvalue weighted by atomic mass is 9.88. The Morgan fingerprint density at radius 3 is 2.28 bits per heavy atom. The van der Waals surface area contributed by atoms with Crippen molar-refractivity contribution in [3.05, 3.63) is 60.2 Å². The van der Waals surface area contributed by atoms with E-state index >= 15 is 0 Å². The van der Waals surface area contributed by atoms with Crippen molar-refractivity contribution in [2.75, 3.05) is 13.2 Å². The summed E-state index contributed by atoms with van der Waals surface area (Å²) in [6.45, 7) is 4.52. The highest BCUT2D eigenvalue weighted by atomic mass is 32.2. The van der Waals surface area contributed by atoms with Crippen LogP contribution in [-0.2, 0) is 14.8 Å². The molecule has 1 aliphatic heterocycles. The normalized spacial score (nSPS) is 21.4. The zero-order valence-electron chi connectivity index (χ0n) is 14.7. The van der Waals surface area contributed by atoms with E-state index in [1.54, 1.807) is 13.8 Å². The lowest BCUT2D eigenvalue weighted by Crippen LogP contribution is -2.46. The molecule has 2 aromatic rings. The Bertz CT molecular complexity index is 785. The maximum absolute atomic E-state index is 12.3. The molecule has 0 spiro atoms. The van der Waals surface area contributed by atoms with Crippen LogP contribution < -0.4 is 4.72 Å². The van der Waals surface area contributed by atoms with Crippen LogP contribution in [-0.4, -0.2) is 32.9 Å². The van der Waals surface area contributed by atoms with Gasteiger partial charge in [-0.2, -0.15) is 0 Å². The summed E-state index contributed by atoms with van der Waals surface area (Å²) in [6.07, 6.45) is 0.692. The standard InChI is InChI=1S/C20H25NO3S/c1-15(2)25(22,23)21-20-12-13-24-14-19(20)18-10-8-17(9-11-18)16-6-4-3-5-7-16/h3-11,15,19-21H,12-14H2,1-2H3/t19-,20+/m1/s1. The molecule has 3 rings (SSSR count). The molecule has 1 heterocycles. The average molecular weight is 359 g/mol. The molecule has 0 amide bonds. The fourth-order valence-electron chi connectivity index (χ4n) is 3.11. The molecule has 134 valence electrons. The van der Waals surface area contributed by atoms with Gasteiger partial charge in [-0.3, -0.25) is 0 Å². The monoisotopic (exact) mass is 359 g/mol. The molecule has 1 aliphatic rings. The summed E-state index contributed by atoms with van der Waals surface area (Å²) >= 11 is 0. The predicted octanol–water partition coefficient (Wildman–Crippen LogP) is 3.55. The van der Waals surface area contributed by atoms with Crippen molar-refractivity contribution < 1.29 is 13.2 Å². The Hall–Kier alpha value is -1.69. The van der Waals surface area contributed by atoms with Gasteiger partial charge in [-0.25, -0.2) is 13.1 Å². The fourth-order valence-corrected chi connectivity index (χ4v) is 4.08. The Kier molecular flexibility index (Phi) is 5.57. The molecule has 5 heteroatoms. The quantitative estimate of drug-likeness (QED) is 0.888. The highest BCUT2D eigenvalue weighted by molar-refractivity contribution is 7.90. The highest BCUT2D eigenvalue weighted by Gasteiger charge is 2.31. The molecular weight excluding hydrogens is 334 g/mol. The lowest BCUT2D eigenvalue weighted by molar-refractivity contribution is 0.0653. The summed E-state index contributed by atoms with van der Waals surface area (Å²) in [5.41, 5.74) is 3.43. The molecule has 1 saturated heterocycles. The van der Waals surface area contributed by atoms with Gasteiger partial charge in [-0.15, -0.1) is 0 Å². The molecule has 4 nitrogen and oxygen atoms in total. The second-order valence-corrected chi connectivity index (χ2v) is 9.04. The minimum absolute atomic E-state index is 0.0344. The molecule has 0 aliphatic carbocycles. The van der Waals surface area contributed by atoms with Crippen LogP contribution in [0, 0.1) is 0 Å². The number of hydrogen-bond acceptors (Lipinski definition) is 3. The number of sulfonamides is 1. The maximum atomic E-state index is 12.3. The van der Waals surface area contributed by atoms with Gasteiger partial charge in [0.1, 0.15) is 0 Å². The van der Waals surface area contributed by atoms with E-state index in [9.17, 15) is 8.42 Å². The second-order valence-electron chi connectivity index (χ2n) is 6.78.